The largest absolute Gasteiger partial charge is 0.507 e. The van der Waals surface area contributed by atoms with Gasteiger partial charge >= 0.3 is 5.97 Å². The van der Waals surface area contributed by atoms with Crippen molar-refractivity contribution in [3.05, 3.63) is 23.3 Å². The summed E-state index contributed by atoms with van der Waals surface area (Å²) in [7, 11) is 0. The highest BCUT2D eigenvalue weighted by molar-refractivity contribution is 5.91. The second kappa shape index (κ2) is 3.66. The standard InChI is InChI=1S/C9H7NO4/c10-2-1-5-3-6(9(13)14)8(12)4-7(5)11/h3-4,11-12H,1H2,(H,13,14). The van der Waals surface area contributed by atoms with E-state index in [1.165, 1.54) is 0 Å². The van der Waals surface area contributed by atoms with Crippen LogP contribution in [0.3, 0.4) is 0 Å². The minimum Gasteiger partial charge on any atom is -0.507 e. The third kappa shape index (κ3) is 1.75. The normalized spacial score (nSPS) is 9.36. The van der Waals surface area contributed by atoms with E-state index in [1.54, 1.807) is 6.07 Å². The summed E-state index contributed by atoms with van der Waals surface area (Å²) in [6.07, 6.45) is -0.105. The Bertz CT molecular complexity index is 420. The summed E-state index contributed by atoms with van der Waals surface area (Å²) >= 11 is 0. The molecule has 0 aliphatic rings. The van der Waals surface area contributed by atoms with E-state index in [2.05, 4.69) is 0 Å². The van der Waals surface area contributed by atoms with Crippen LogP contribution >= 0.6 is 0 Å². The maximum Gasteiger partial charge on any atom is 0.339 e. The van der Waals surface area contributed by atoms with Gasteiger partial charge in [-0.2, -0.15) is 5.26 Å². The van der Waals surface area contributed by atoms with Crippen LogP contribution in [0.5, 0.6) is 11.5 Å². The Morgan fingerprint density at radius 1 is 1.36 bits per heavy atom. The van der Waals surface area contributed by atoms with Crippen LogP contribution in [-0.2, 0) is 6.42 Å². The molecule has 14 heavy (non-hydrogen) atoms. The van der Waals surface area contributed by atoms with Crippen LogP contribution < -0.4 is 0 Å². The second-order valence-electron chi connectivity index (χ2n) is 2.64. The summed E-state index contributed by atoms with van der Waals surface area (Å²) in [5.41, 5.74) is -0.143. The molecule has 0 fully saturated rings. The Kier molecular flexibility index (Phi) is 2.58. The van der Waals surface area contributed by atoms with Crippen LogP contribution in [0, 0.1) is 11.3 Å². The minimum absolute atomic E-state index is 0.105. The third-order valence-electron chi connectivity index (χ3n) is 1.70. The van der Waals surface area contributed by atoms with Crippen molar-refractivity contribution in [3.8, 4) is 17.6 Å². The number of phenolic OH excluding ortho intramolecular Hbond substituents is 1. The lowest BCUT2D eigenvalue weighted by molar-refractivity contribution is 0.0693. The number of carboxylic acids is 1. The highest BCUT2D eigenvalue weighted by atomic mass is 16.4. The van der Waals surface area contributed by atoms with Crippen LogP contribution in [0.2, 0.25) is 0 Å². The van der Waals surface area contributed by atoms with E-state index in [0.717, 1.165) is 12.1 Å². The van der Waals surface area contributed by atoms with E-state index >= 15 is 0 Å². The second-order valence-corrected chi connectivity index (χ2v) is 2.64. The molecule has 3 N–H and O–H groups in total. The summed E-state index contributed by atoms with van der Waals surface area (Å²) in [5, 5.41) is 35.4. The fourth-order valence-corrected chi connectivity index (χ4v) is 1.02. The Labute approximate surface area is 79.5 Å². The summed E-state index contributed by atoms with van der Waals surface area (Å²) in [6.45, 7) is 0. The number of aromatic carboxylic acids is 1. The quantitative estimate of drug-likeness (QED) is 0.646. The van der Waals surface area contributed by atoms with Gasteiger partial charge in [-0.05, 0) is 6.07 Å². The molecule has 0 aliphatic heterocycles. The molecule has 0 aromatic heterocycles. The van der Waals surface area contributed by atoms with E-state index in [0.29, 0.717) is 0 Å². The lowest BCUT2D eigenvalue weighted by atomic mass is 10.1. The molecular formula is C9H7NO4. The first kappa shape index (κ1) is 9.86. The zero-order valence-corrected chi connectivity index (χ0v) is 7.06. The first-order chi connectivity index (χ1) is 6.56. The number of nitrogens with zero attached hydrogens (tertiary/aromatic N) is 1. The van der Waals surface area contributed by atoms with Crippen LogP contribution in [0.15, 0.2) is 12.1 Å². The molecule has 1 aromatic rings. The molecule has 1 rings (SSSR count). The van der Waals surface area contributed by atoms with Crippen molar-refractivity contribution < 1.29 is 20.1 Å². The maximum atomic E-state index is 10.6. The van der Waals surface area contributed by atoms with Gasteiger partial charge < -0.3 is 15.3 Å². The van der Waals surface area contributed by atoms with Crippen molar-refractivity contribution in [2.45, 2.75) is 6.42 Å². The number of rotatable bonds is 2. The number of aromatic hydroxyl groups is 2. The van der Waals surface area contributed by atoms with Crippen molar-refractivity contribution in [2.24, 2.45) is 0 Å². The zero-order valence-electron chi connectivity index (χ0n) is 7.06. The topological polar surface area (TPSA) is 102 Å². The molecule has 1 aromatic carbocycles. The molecule has 0 amide bonds. The van der Waals surface area contributed by atoms with E-state index in [4.69, 9.17) is 15.5 Å². The number of hydrogen-bond donors (Lipinski definition) is 3. The van der Waals surface area contributed by atoms with E-state index in [-0.39, 0.29) is 23.3 Å². The molecule has 0 radical (unpaired) electrons. The molecule has 0 aliphatic carbocycles. The number of nitriles is 1. The number of benzene rings is 1. The Hall–Kier alpha value is -2.22. The van der Waals surface area contributed by atoms with E-state index in [9.17, 15) is 9.90 Å². The molecule has 0 saturated carbocycles. The average molecular weight is 193 g/mol. The van der Waals surface area contributed by atoms with Crippen molar-refractivity contribution in [1.29, 1.82) is 5.26 Å². The summed E-state index contributed by atoms with van der Waals surface area (Å²) in [5.74, 6) is -2.10. The van der Waals surface area contributed by atoms with Gasteiger partial charge in [-0.1, -0.05) is 0 Å². The number of carboxylic acid groups (broad SMARTS) is 1. The van der Waals surface area contributed by atoms with Crippen LogP contribution in [0.1, 0.15) is 15.9 Å². The maximum absolute atomic E-state index is 10.6. The Balaban J connectivity index is 3.28. The molecule has 72 valence electrons. The van der Waals surface area contributed by atoms with E-state index < -0.39 is 11.7 Å². The van der Waals surface area contributed by atoms with Gasteiger partial charge in [0.25, 0.3) is 0 Å². The minimum atomic E-state index is -1.30. The average Bonchev–Trinajstić information content (AvgIpc) is 2.09. The van der Waals surface area contributed by atoms with Crippen molar-refractivity contribution in [1.82, 2.24) is 0 Å². The number of phenols is 2. The van der Waals surface area contributed by atoms with Crippen molar-refractivity contribution >= 4 is 5.97 Å². The van der Waals surface area contributed by atoms with Gasteiger partial charge in [0.15, 0.2) is 0 Å². The van der Waals surface area contributed by atoms with Gasteiger partial charge in [0.2, 0.25) is 0 Å². The fraction of sp³-hybridized carbons (Fsp3) is 0.111. The lowest BCUT2D eigenvalue weighted by Gasteiger charge is -2.04. The molecule has 0 saturated heterocycles. The molecule has 0 heterocycles. The molecule has 0 unspecified atom stereocenters. The molecular weight excluding hydrogens is 186 g/mol. The van der Waals surface area contributed by atoms with Gasteiger partial charge in [-0.15, -0.1) is 0 Å². The van der Waals surface area contributed by atoms with Gasteiger partial charge in [-0.3, -0.25) is 0 Å². The lowest BCUT2D eigenvalue weighted by Crippen LogP contribution is -1.98. The predicted octanol–water partition coefficient (Wildman–Crippen LogP) is 0.862. The predicted molar refractivity (Wildman–Crippen MR) is 46.0 cm³/mol. The van der Waals surface area contributed by atoms with Crippen LogP contribution in [0.4, 0.5) is 0 Å². The van der Waals surface area contributed by atoms with Crippen LogP contribution in [0.25, 0.3) is 0 Å². The summed E-state index contributed by atoms with van der Waals surface area (Å²) < 4.78 is 0. The van der Waals surface area contributed by atoms with Gasteiger partial charge in [0.05, 0.1) is 12.5 Å². The number of hydrogen-bond acceptors (Lipinski definition) is 4. The van der Waals surface area contributed by atoms with Gasteiger partial charge in [0, 0.05) is 11.6 Å². The molecule has 5 nitrogen and oxygen atoms in total. The molecule has 0 bridgehead atoms. The third-order valence-corrected chi connectivity index (χ3v) is 1.70. The zero-order chi connectivity index (χ0) is 10.7. The molecule has 0 atom stereocenters. The molecule has 5 heteroatoms. The monoisotopic (exact) mass is 193 g/mol. The smallest absolute Gasteiger partial charge is 0.339 e. The summed E-state index contributed by atoms with van der Waals surface area (Å²) in [6, 6.07) is 3.77. The van der Waals surface area contributed by atoms with Crippen molar-refractivity contribution in [3.63, 3.8) is 0 Å². The molecule has 0 spiro atoms. The fourth-order valence-electron chi connectivity index (χ4n) is 1.02. The highest BCUT2D eigenvalue weighted by Gasteiger charge is 2.13. The first-order valence-corrected chi connectivity index (χ1v) is 3.71. The SMILES string of the molecule is N#CCc1cc(C(=O)O)c(O)cc1O. The summed E-state index contributed by atoms with van der Waals surface area (Å²) in [4.78, 5) is 10.6. The van der Waals surface area contributed by atoms with Gasteiger partial charge in [-0.25, -0.2) is 4.79 Å². The first-order valence-electron chi connectivity index (χ1n) is 3.71. The number of carbonyl (C=O) groups is 1. The Morgan fingerprint density at radius 2 is 2.00 bits per heavy atom. The van der Waals surface area contributed by atoms with Crippen molar-refractivity contribution in [2.75, 3.05) is 0 Å². The van der Waals surface area contributed by atoms with E-state index in [1.807, 2.05) is 0 Å². The van der Waals surface area contributed by atoms with Gasteiger partial charge in [0.1, 0.15) is 17.1 Å². The van der Waals surface area contributed by atoms with Crippen LogP contribution in [-0.4, -0.2) is 21.3 Å². The highest BCUT2D eigenvalue weighted by Crippen LogP contribution is 2.27. The Morgan fingerprint density at radius 3 is 2.50 bits per heavy atom.